The van der Waals surface area contributed by atoms with Crippen LogP contribution in [0.5, 0.6) is 11.5 Å². The smallest absolute Gasteiger partial charge is 0.256 e. The highest BCUT2D eigenvalue weighted by molar-refractivity contribution is 7.84. The number of anilines is 2. The van der Waals surface area contributed by atoms with Crippen LogP contribution in [0.3, 0.4) is 0 Å². The molecule has 0 radical (unpaired) electrons. The first kappa shape index (κ1) is 33.7. The number of ether oxygens (including phenoxy) is 1. The standard InChI is InChI=1S/C15H26N2O2S2.C8H8ClNO3.C2H6/c1-6-17(8-9-21(19)7-2)15(18)12-10-13(11(3)4)20-14(12)16-5;1-13-8-6(12)3-2-5(7(8)9)10-4-11;1-2/h10-11,16H,6-9H2,1-5H3;2-4,12H,1H3,(H,10,11);1-2H3. The summed E-state index contributed by atoms with van der Waals surface area (Å²) in [6, 6.07) is 4.86. The summed E-state index contributed by atoms with van der Waals surface area (Å²) in [6.07, 6.45) is 0.498. The zero-order chi connectivity index (χ0) is 27.8. The maximum absolute atomic E-state index is 12.7. The molecule has 3 N–H and O–H groups in total. The van der Waals surface area contributed by atoms with Crippen LogP contribution >= 0.6 is 22.9 Å². The predicted molar refractivity (Wildman–Crippen MR) is 154 cm³/mol. The molecule has 0 aliphatic rings. The minimum absolute atomic E-state index is 0.0260. The molecule has 0 aliphatic carbocycles. The molecule has 1 unspecified atom stereocenters. The van der Waals surface area contributed by atoms with Gasteiger partial charge in [0.2, 0.25) is 6.41 Å². The average molecular weight is 562 g/mol. The molecule has 1 aromatic carbocycles. The minimum Gasteiger partial charge on any atom is -0.504 e. The van der Waals surface area contributed by atoms with E-state index >= 15 is 0 Å². The Kier molecular flexibility index (Phi) is 16.9. The summed E-state index contributed by atoms with van der Waals surface area (Å²) in [5.74, 6) is 1.71. The molecule has 1 aromatic heterocycles. The first-order valence-electron chi connectivity index (χ1n) is 11.9. The number of hydrogen-bond acceptors (Lipinski definition) is 7. The third-order valence-electron chi connectivity index (χ3n) is 4.85. The summed E-state index contributed by atoms with van der Waals surface area (Å²) in [6.45, 7) is 13.3. The number of nitrogens with one attached hydrogen (secondary N) is 2. The molecule has 8 nitrogen and oxygen atoms in total. The van der Waals surface area contributed by atoms with E-state index in [9.17, 15) is 18.9 Å². The highest BCUT2D eigenvalue weighted by Crippen LogP contribution is 2.39. The molecule has 11 heteroatoms. The molecule has 0 fully saturated rings. The molecule has 0 saturated carbocycles. The van der Waals surface area contributed by atoms with Gasteiger partial charge in [-0.3, -0.25) is 13.8 Å². The number of aromatic hydroxyl groups is 1. The van der Waals surface area contributed by atoms with Crippen LogP contribution in [0.4, 0.5) is 10.7 Å². The number of amides is 2. The summed E-state index contributed by atoms with van der Waals surface area (Å²) in [4.78, 5) is 25.8. The largest absolute Gasteiger partial charge is 0.504 e. The first-order chi connectivity index (χ1) is 17.1. The normalized spacial score (nSPS) is 10.8. The van der Waals surface area contributed by atoms with Crippen molar-refractivity contribution in [3.8, 4) is 11.5 Å². The third kappa shape index (κ3) is 9.99. The number of benzene rings is 1. The van der Waals surface area contributed by atoms with Crippen molar-refractivity contribution in [1.29, 1.82) is 0 Å². The van der Waals surface area contributed by atoms with E-state index in [0.717, 1.165) is 10.6 Å². The van der Waals surface area contributed by atoms with Crippen molar-refractivity contribution >= 4 is 56.7 Å². The molecule has 2 amide bonds. The Bertz CT molecular complexity index is 983. The lowest BCUT2D eigenvalue weighted by Gasteiger charge is -2.20. The molecule has 0 aliphatic heterocycles. The summed E-state index contributed by atoms with van der Waals surface area (Å²) < 4.78 is 16.4. The molecule has 0 saturated heterocycles. The van der Waals surface area contributed by atoms with Gasteiger partial charge in [0.1, 0.15) is 10.0 Å². The van der Waals surface area contributed by atoms with Crippen molar-refractivity contribution < 1.29 is 23.6 Å². The monoisotopic (exact) mass is 561 g/mol. The van der Waals surface area contributed by atoms with Crippen LogP contribution in [0.15, 0.2) is 18.2 Å². The van der Waals surface area contributed by atoms with Gasteiger partial charge in [-0.15, -0.1) is 11.3 Å². The lowest BCUT2D eigenvalue weighted by atomic mass is 10.1. The van der Waals surface area contributed by atoms with Crippen molar-refractivity contribution in [2.45, 2.75) is 47.5 Å². The number of phenols is 1. The van der Waals surface area contributed by atoms with Gasteiger partial charge in [0.05, 0.1) is 18.4 Å². The first-order valence-corrected chi connectivity index (χ1v) is 14.5. The second-order valence-corrected chi connectivity index (χ2v) is 10.7. The SMILES string of the molecule is CC.CCN(CCS(=O)CC)C(=O)c1cc(C(C)C)sc1NC.COc1c(O)ccc(NC=O)c1Cl. The Morgan fingerprint density at radius 2 is 1.94 bits per heavy atom. The van der Waals surface area contributed by atoms with Crippen LogP contribution in [0.2, 0.25) is 5.02 Å². The van der Waals surface area contributed by atoms with Gasteiger partial charge in [-0.25, -0.2) is 0 Å². The zero-order valence-electron chi connectivity index (χ0n) is 22.4. The highest BCUT2D eigenvalue weighted by atomic mass is 35.5. The predicted octanol–water partition coefficient (Wildman–Crippen LogP) is 5.79. The number of carbonyl (C=O) groups excluding carboxylic acids is 2. The van der Waals surface area contributed by atoms with E-state index in [1.54, 1.807) is 16.2 Å². The van der Waals surface area contributed by atoms with Gasteiger partial charge in [-0.2, -0.15) is 0 Å². The van der Waals surface area contributed by atoms with E-state index < -0.39 is 10.8 Å². The van der Waals surface area contributed by atoms with E-state index in [-0.39, 0.29) is 22.4 Å². The molecule has 1 heterocycles. The second-order valence-electron chi connectivity index (χ2n) is 7.36. The van der Waals surface area contributed by atoms with Crippen molar-refractivity contribution in [2.24, 2.45) is 0 Å². The van der Waals surface area contributed by atoms with Gasteiger partial charge >= 0.3 is 0 Å². The zero-order valence-corrected chi connectivity index (χ0v) is 24.8. The van der Waals surface area contributed by atoms with Gasteiger partial charge in [0.25, 0.3) is 5.91 Å². The van der Waals surface area contributed by atoms with E-state index in [2.05, 4.69) is 24.5 Å². The number of halogens is 1. The van der Waals surface area contributed by atoms with E-state index in [1.807, 2.05) is 40.8 Å². The van der Waals surface area contributed by atoms with Gasteiger partial charge in [-0.05, 0) is 31.0 Å². The summed E-state index contributed by atoms with van der Waals surface area (Å²) >= 11 is 7.42. The lowest BCUT2D eigenvalue weighted by Crippen LogP contribution is -2.34. The van der Waals surface area contributed by atoms with E-state index in [4.69, 9.17) is 16.3 Å². The molecule has 36 heavy (non-hydrogen) atoms. The number of nitrogens with zero attached hydrogens (tertiary/aromatic N) is 1. The second kappa shape index (κ2) is 18.0. The van der Waals surface area contributed by atoms with E-state index in [0.29, 0.717) is 42.6 Å². The third-order valence-corrected chi connectivity index (χ3v) is 7.96. The van der Waals surface area contributed by atoms with Crippen LogP contribution in [-0.4, -0.2) is 65.3 Å². The van der Waals surface area contributed by atoms with Crippen LogP contribution < -0.4 is 15.4 Å². The Morgan fingerprint density at radius 3 is 2.42 bits per heavy atom. The van der Waals surface area contributed by atoms with Gasteiger partial charge in [0.15, 0.2) is 11.5 Å². The Morgan fingerprint density at radius 1 is 1.31 bits per heavy atom. The number of hydrogen-bond donors (Lipinski definition) is 3. The fourth-order valence-corrected chi connectivity index (χ4v) is 4.89. The number of carbonyl (C=O) groups is 2. The molecular formula is C25H40ClN3O5S2. The molecule has 204 valence electrons. The van der Waals surface area contributed by atoms with Gasteiger partial charge in [0, 0.05) is 47.3 Å². The number of rotatable bonds is 11. The van der Waals surface area contributed by atoms with E-state index in [1.165, 1.54) is 24.1 Å². The molecule has 1 atom stereocenters. The van der Waals surface area contributed by atoms with Crippen LogP contribution in [0.1, 0.15) is 62.7 Å². The van der Waals surface area contributed by atoms with Crippen molar-refractivity contribution in [3.05, 3.63) is 33.7 Å². The summed E-state index contributed by atoms with van der Waals surface area (Å²) in [5, 5.41) is 15.8. The van der Waals surface area contributed by atoms with Crippen molar-refractivity contribution in [1.82, 2.24) is 4.90 Å². The fraction of sp³-hybridized carbons (Fsp3) is 0.520. The number of phenolic OH excluding ortho intramolecular Hbond substituents is 1. The molecule has 2 aromatic rings. The molecule has 0 spiro atoms. The maximum Gasteiger partial charge on any atom is 0.256 e. The Labute approximate surface area is 226 Å². The topological polar surface area (TPSA) is 108 Å². The van der Waals surface area contributed by atoms with Crippen LogP contribution in [0, 0.1) is 0 Å². The molecule has 0 bridgehead atoms. The fourth-order valence-electron chi connectivity index (χ4n) is 2.88. The Balaban J connectivity index is 0.000000698. The molecule has 2 rings (SSSR count). The highest BCUT2D eigenvalue weighted by Gasteiger charge is 2.21. The van der Waals surface area contributed by atoms with Crippen LogP contribution in [0.25, 0.3) is 0 Å². The van der Waals surface area contributed by atoms with Crippen LogP contribution in [-0.2, 0) is 15.6 Å². The lowest BCUT2D eigenvalue weighted by molar-refractivity contribution is -0.105. The summed E-state index contributed by atoms with van der Waals surface area (Å²) in [7, 11) is 2.38. The average Bonchev–Trinajstić information content (AvgIpc) is 3.33. The van der Waals surface area contributed by atoms with Gasteiger partial charge < -0.3 is 25.4 Å². The number of thiophene rings is 1. The number of methoxy groups -OCH3 is 1. The Hall–Kier alpha value is -2.30. The van der Waals surface area contributed by atoms with Crippen molar-refractivity contribution in [2.75, 3.05) is 49.4 Å². The molecular weight excluding hydrogens is 522 g/mol. The quantitative estimate of drug-likeness (QED) is 0.237. The minimum atomic E-state index is -0.838. The van der Waals surface area contributed by atoms with Gasteiger partial charge in [-0.1, -0.05) is 46.2 Å². The summed E-state index contributed by atoms with van der Waals surface area (Å²) in [5.41, 5.74) is 1.13. The maximum atomic E-state index is 12.7. The van der Waals surface area contributed by atoms with Crippen molar-refractivity contribution in [3.63, 3.8) is 0 Å².